The molecular weight excluding hydrogens is 381 g/mol. The number of aryl methyl sites for hydroxylation is 2. The van der Waals surface area contributed by atoms with Crippen molar-refractivity contribution in [3.63, 3.8) is 0 Å². The van der Waals surface area contributed by atoms with Gasteiger partial charge in [-0.1, -0.05) is 36.4 Å². The number of hydrogen-bond donors (Lipinski definition) is 2. The molecule has 0 fully saturated rings. The lowest BCUT2D eigenvalue weighted by Gasteiger charge is -2.10. The smallest absolute Gasteiger partial charge is 0.335 e. The van der Waals surface area contributed by atoms with Crippen LogP contribution in [-0.4, -0.2) is 19.5 Å². The van der Waals surface area contributed by atoms with Crippen LogP contribution in [0.15, 0.2) is 77.7 Å². The molecule has 0 aliphatic heterocycles. The van der Waals surface area contributed by atoms with Crippen molar-refractivity contribution in [1.82, 2.24) is 0 Å². The van der Waals surface area contributed by atoms with E-state index in [0.717, 1.165) is 17.2 Å². The van der Waals surface area contributed by atoms with Gasteiger partial charge in [0.1, 0.15) is 5.82 Å². The Morgan fingerprint density at radius 1 is 0.929 bits per heavy atom. The highest BCUT2D eigenvalue weighted by molar-refractivity contribution is 7.92. The van der Waals surface area contributed by atoms with Crippen LogP contribution in [0, 0.1) is 5.82 Å². The van der Waals surface area contributed by atoms with Crippen molar-refractivity contribution in [1.29, 1.82) is 0 Å². The molecule has 0 atom stereocenters. The third kappa shape index (κ3) is 4.75. The average molecular weight is 399 g/mol. The summed E-state index contributed by atoms with van der Waals surface area (Å²) < 4.78 is 40.3. The summed E-state index contributed by atoms with van der Waals surface area (Å²) in [6.45, 7) is 0. The van der Waals surface area contributed by atoms with Crippen LogP contribution in [0.3, 0.4) is 0 Å². The molecule has 28 heavy (non-hydrogen) atoms. The molecular formula is C21H18FNO4S. The maximum atomic E-state index is 13.3. The minimum atomic E-state index is -3.87. The van der Waals surface area contributed by atoms with Crippen LogP contribution in [0.4, 0.5) is 10.1 Å². The molecule has 3 aromatic rings. The largest absolute Gasteiger partial charge is 0.478 e. The predicted molar refractivity (Wildman–Crippen MR) is 104 cm³/mol. The van der Waals surface area contributed by atoms with Crippen LogP contribution < -0.4 is 4.72 Å². The average Bonchev–Trinajstić information content (AvgIpc) is 2.67. The number of carbonyl (C=O) groups is 1. The first kappa shape index (κ1) is 19.6. The van der Waals surface area contributed by atoms with E-state index in [0.29, 0.717) is 18.5 Å². The van der Waals surface area contributed by atoms with Gasteiger partial charge in [-0.25, -0.2) is 17.6 Å². The number of halogens is 1. The van der Waals surface area contributed by atoms with Crippen molar-refractivity contribution in [2.24, 2.45) is 0 Å². The van der Waals surface area contributed by atoms with Gasteiger partial charge in [0.25, 0.3) is 10.0 Å². The van der Waals surface area contributed by atoms with Crippen molar-refractivity contribution in [2.45, 2.75) is 17.7 Å². The van der Waals surface area contributed by atoms with Gasteiger partial charge in [-0.3, -0.25) is 4.72 Å². The van der Waals surface area contributed by atoms with Gasteiger partial charge < -0.3 is 5.11 Å². The van der Waals surface area contributed by atoms with Gasteiger partial charge in [-0.2, -0.15) is 0 Å². The molecule has 0 aliphatic carbocycles. The molecule has 0 aromatic heterocycles. The molecule has 3 aromatic carbocycles. The van der Waals surface area contributed by atoms with E-state index in [4.69, 9.17) is 0 Å². The number of rotatable bonds is 7. The predicted octanol–water partition coefficient (Wildman–Crippen LogP) is 4.11. The van der Waals surface area contributed by atoms with E-state index in [1.54, 1.807) is 48.5 Å². The number of aromatic carboxylic acids is 1. The number of benzene rings is 3. The van der Waals surface area contributed by atoms with Crippen LogP contribution in [0.25, 0.3) is 0 Å². The highest BCUT2D eigenvalue weighted by Gasteiger charge is 2.15. The lowest BCUT2D eigenvalue weighted by Crippen LogP contribution is -2.13. The van der Waals surface area contributed by atoms with Crippen LogP contribution in [0.1, 0.15) is 21.5 Å². The van der Waals surface area contributed by atoms with Gasteiger partial charge in [-0.15, -0.1) is 0 Å². The fourth-order valence-electron chi connectivity index (χ4n) is 2.81. The Bertz CT molecular complexity index is 1100. The van der Waals surface area contributed by atoms with E-state index in [1.807, 2.05) is 0 Å². The molecule has 7 heteroatoms. The van der Waals surface area contributed by atoms with E-state index >= 15 is 0 Å². The Kier molecular flexibility index (Phi) is 5.75. The number of nitrogens with one attached hydrogen (secondary N) is 1. The molecule has 2 N–H and O–H groups in total. The molecule has 0 unspecified atom stereocenters. The molecule has 5 nitrogen and oxygen atoms in total. The summed E-state index contributed by atoms with van der Waals surface area (Å²) in [5.74, 6) is -1.59. The van der Waals surface area contributed by atoms with Gasteiger partial charge in [0.2, 0.25) is 0 Å². The minimum absolute atomic E-state index is 0.151. The van der Waals surface area contributed by atoms with E-state index in [9.17, 15) is 22.7 Å². The highest BCUT2D eigenvalue weighted by Crippen LogP contribution is 2.19. The molecule has 0 saturated carbocycles. The lowest BCUT2D eigenvalue weighted by molar-refractivity contribution is 0.0695. The molecule has 0 amide bonds. The molecule has 144 valence electrons. The van der Waals surface area contributed by atoms with Crippen LogP contribution in [0.2, 0.25) is 0 Å². The highest BCUT2D eigenvalue weighted by atomic mass is 32.2. The van der Waals surface area contributed by atoms with Crippen molar-refractivity contribution in [3.05, 3.63) is 95.3 Å². The van der Waals surface area contributed by atoms with Crippen LogP contribution in [0.5, 0.6) is 0 Å². The first-order valence-corrected chi connectivity index (χ1v) is 10.0. The Labute approximate surface area is 162 Å². The van der Waals surface area contributed by atoms with Gasteiger partial charge >= 0.3 is 5.97 Å². The van der Waals surface area contributed by atoms with Crippen molar-refractivity contribution < 1.29 is 22.7 Å². The minimum Gasteiger partial charge on any atom is -0.478 e. The van der Waals surface area contributed by atoms with Crippen LogP contribution >= 0.6 is 0 Å². The van der Waals surface area contributed by atoms with Gasteiger partial charge in [0.05, 0.1) is 10.5 Å². The summed E-state index contributed by atoms with van der Waals surface area (Å²) in [6.07, 6.45) is 1.16. The van der Waals surface area contributed by atoms with Crippen LogP contribution in [-0.2, 0) is 22.9 Å². The summed E-state index contributed by atoms with van der Waals surface area (Å²) >= 11 is 0. The monoisotopic (exact) mass is 399 g/mol. The van der Waals surface area contributed by atoms with Gasteiger partial charge in [-0.05, 0) is 60.4 Å². The quantitative estimate of drug-likeness (QED) is 0.626. The van der Waals surface area contributed by atoms with Crippen molar-refractivity contribution >= 4 is 21.7 Å². The number of sulfonamides is 1. The van der Waals surface area contributed by atoms with E-state index in [-0.39, 0.29) is 10.5 Å². The summed E-state index contributed by atoms with van der Waals surface area (Å²) in [5, 5.41) is 9.23. The van der Waals surface area contributed by atoms with E-state index in [1.165, 1.54) is 18.2 Å². The SMILES string of the molecule is O=C(O)c1ccccc1CCc1ccc(NS(=O)(=O)c2cccc(F)c2)cc1. The molecule has 0 heterocycles. The molecule has 0 aliphatic rings. The van der Waals surface area contributed by atoms with Crippen molar-refractivity contribution in [2.75, 3.05) is 4.72 Å². The molecule has 3 rings (SSSR count). The Balaban J connectivity index is 1.68. The van der Waals surface area contributed by atoms with E-state index < -0.39 is 21.8 Å². The molecule has 0 spiro atoms. The second-order valence-corrected chi connectivity index (χ2v) is 7.90. The van der Waals surface area contributed by atoms with E-state index in [2.05, 4.69) is 4.72 Å². The zero-order chi connectivity index (χ0) is 20.1. The third-order valence-electron chi connectivity index (χ3n) is 4.24. The topological polar surface area (TPSA) is 83.5 Å². The molecule has 0 saturated heterocycles. The summed E-state index contributed by atoms with van der Waals surface area (Å²) in [6, 6.07) is 18.4. The summed E-state index contributed by atoms with van der Waals surface area (Å²) in [7, 11) is -3.87. The standard InChI is InChI=1S/C21H18FNO4S/c22-17-5-3-6-19(14-17)28(26,27)23-18-12-9-15(10-13-18)8-11-16-4-1-2-7-20(16)21(24)25/h1-7,9-10,12-14,23H,8,11H2,(H,24,25). The van der Waals surface area contributed by atoms with Crippen molar-refractivity contribution in [3.8, 4) is 0 Å². The number of carboxylic acids is 1. The second kappa shape index (κ2) is 8.22. The van der Waals surface area contributed by atoms with Gasteiger partial charge in [0.15, 0.2) is 0 Å². The Morgan fingerprint density at radius 3 is 2.32 bits per heavy atom. The maximum absolute atomic E-state index is 13.3. The zero-order valence-electron chi connectivity index (χ0n) is 14.8. The van der Waals surface area contributed by atoms with Gasteiger partial charge in [0, 0.05) is 5.69 Å². The second-order valence-electron chi connectivity index (χ2n) is 6.22. The Hall–Kier alpha value is -3.19. The summed E-state index contributed by atoms with van der Waals surface area (Å²) in [5.41, 5.74) is 2.32. The third-order valence-corrected chi connectivity index (χ3v) is 5.62. The number of carboxylic acid groups (broad SMARTS) is 1. The first-order chi connectivity index (χ1) is 13.3. The number of anilines is 1. The lowest BCUT2D eigenvalue weighted by atomic mass is 10.00. The Morgan fingerprint density at radius 2 is 1.64 bits per heavy atom. The number of hydrogen-bond acceptors (Lipinski definition) is 3. The summed E-state index contributed by atoms with van der Waals surface area (Å²) in [4.78, 5) is 11.1. The molecule has 0 bridgehead atoms. The fourth-order valence-corrected chi connectivity index (χ4v) is 3.90. The maximum Gasteiger partial charge on any atom is 0.335 e. The zero-order valence-corrected chi connectivity index (χ0v) is 15.6. The first-order valence-electron chi connectivity index (χ1n) is 8.54. The normalized spacial score (nSPS) is 11.2. The fraction of sp³-hybridized carbons (Fsp3) is 0.0952. The molecule has 0 radical (unpaired) electrons.